The van der Waals surface area contributed by atoms with E-state index >= 15 is 0 Å². The molecule has 4 rings (SSSR count). The van der Waals surface area contributed by atoms with E-state index in [4.69, 9.17) is 5.73 Å². The Kier molecular flexibility index (Phi) is 2.87. The molecule has 0 aromatic carbocycles. The van der Waals surface area contributed by atoms with Gasteiger partial charge in [0.1, 0.15) is 0 Å². The van der Waals surface area contributed by atoms with E-state index in [2.05, 4.69) is 4.90 Å². The van der Waals surface area contributed by atoms with Gasteiger partial charge in [-0.2, -0.15) is 0 Å². The number of piperidine rings is 1. The number of carbonyl (C=O) groups is 1. The lowest BCUT2D eigenvalue weighted by atomic mass is 9.65. The van der Waals surface area contributed by atoms with Crippen LogP contribution >= 0.6 is 0 Å². The predicted octanol–water partition coefficient (Wildman–Crippen LogP) is 2.15. The minimum atomic E-state index is 0.300. The van der Waals surface area contributed by atoms with Gasteiger partial charge in [0.25, 0.3) is 0 Å². The van der Waals surface area contributed by atoms with E-state index in [0.29, 0.717) is 35.7 Å². The van der Waals surface area contributed by atoms with Gasteiger partial charge in [-0.25, -0.2) is 0 Å². The van der Waals surface area contributed by atoms with E-state index < -0.39 is 0 Å². The normalized spacial score (nSPS) is 48.6. The van der Waals surface area contributed by atoms with Crippen LogP contribution in [0.1, 0.15) is 51.4 Å². The van der Waals surface area contributed by atoms with Crippen LogP contribution in [0.3, 0.4) is 0 Å². The zero-order valence-electron chi connectivity index (χ0n) is 11.8. The van der Waals surface area contributed by atoms with Crippen LogP contribution in [0.4, 0.5) is 0 Å². The van der Waals surface area contributed by atoms with Gasteiger partial charge >= 0.3 is 0 Å². The molecule has 1 aliphatic heterocycles. The minimum absolute atomic E-state index is 0.300. The maximum Gasteiger partial charge on any atom is 0.225 e. The van der Waals surface area contributed by atoms with E-state index in [0.717, 1.165) is 25.3 Å². The highest BCUT2D eigenvalue weighted by molar-refractivity contribution is 5.80. The summed E-state index contributed by atoms with van der Waals surface area (Å²) >= 11 is 0. The van der Waals surface area contributed by atoms with Crippen LogP contribution in [0.15, 0.2) is 0 Å². The van der Waals surface area contributed by atoms with Crippen molar-refractivity contribution in [3.63, 3.8) is 0 Å². The van der Waals surface area contributed by atoms with Crippen LogP contribution in [-0.4, -0.2) is 29.4 Å². The molecule has 106 valence electrons. The molecule has 1 heterocycles. The average Bonchev–Trinajstić information content (AvgIpc) is 2.99. The zero-order chi connectivity index (χ0) is 13.0. The molecule has 0 radical (unpaired) electrons. The van der Waals surface area contributed by atoms with E-state index in [1.165, 1.54) is 38.5 Å². The number of amides is 1. The first-order valence-electron chi connectivity index (χ1n) is 8.28. The second-order valence-corrected chi connectivity index (χ2v) is 7.52. The molecule has 1 saturated heterocycles. The van der Waals surface area contributed by atoms with Crippen molar-refractivity contribution in [3.05, 3.63) is 0 Å². The Bertz CT molecular complexity index is 369. The summed E-state index contributed by atoms with van der Waals surface area (Å²) in [6, 6.07) is 0.973. The summed E-state index contributed by atoms with van der Waals surface area (Å²) in [6.45, 7) is 1.06. The monoisotopic (exact) mass is 262 g/mol. The molecule has 4 bridgehead atoms. The van der Waals surface area contributed by atoms with Gasteiger partial charge in [0.15, 0.2) is 0 Å². The van der Waals surface area contributed by atoms with Crippen molar-refractivity contribution in [2.24, 2.45) is 29.4 Å². The number of carbonyl (C=O) groups excluding carboxylic acids is 1. The van der Waals surface area contributed by atoms with Gasteiger partial charge in [0.05, 0.1) is 0 Å². The number of nitrogens with zero attached hydrogens (tertiary/aromatic N) is 1. The number of likely N-dealkylation sites (tertiary alicyclic amines) is 1. The number of hydrogen-bond acceptors (Lipinski definition) is 2. The van der Waals surface area contributed by atoms with Gasteiger partial charge in [-0.3, -0.25) is 4.79 Å². The van der Waals surface area contributed by atoms with Gasteiger partial charge in [-0.1, -0.05) is 6.42 Å². The molecule has 19 heavy (non-hydrogen) atoms. The van der Waals surface area contributed by atoms with E-state index in [1.807, 2.05) is 0 Å². The van der Waals surface area contributed by atoms with Crippen molar-refractivity contribution in [1.82, 2.24) is 4.90 Å². The maximum atomic E-state index is 12.8. The molecule has 3 saturated carbocycles. The highest BCUT2D eigenvalue weighted by Crippen LogP contribution is 2.44. The SMILES string of the molecule is NC1C2CCCC1CC(C(=O)N1CC3CCC1C3)C2. The Balaban J connectivity index is 1.46. The third-order valence-corrected chi connectivity index (χ3v) is 6.45. The van der Waals surface area contributed by atoms with Gasteiger partial charge in [0, 0.05) is 24.5 Å². The molecule has 4 atom stereocenters. The molecule has 3 nitrogen and oxygen atoms in total. The minimum Gasteiger partial charge on any atom is -0.339 e. The Morgan fingerprint density at radius 3 is 2.32 bits per heavy atom. The number of rotatable bonds is 1. The molecule has 4 aliphatic rings. The highest BCUT2D eigenvalue weighted by atomic mass is 16.2. The fourth-order valence-electron chi connectivity index (χ4n) is 5.42. The smallest absolute Gasteiger partial charge is 0.225 e. The van der Waals surface area contributed by atoms with E-state index in [9.17, 15) is 4.79 Å². The summed E-state index contributed by atoms with van der Waals surface area (Å²) in [5.41, 5.74) is 6.34. The summed E-state index contributed by atoms with van der Waals surface area (Å²) in [5.74, 6) is 2.85. The molecule has 0 aromatic rings. The maximum absolute atomic E-state index is 12.8. The highest BCUT2D eigenvalue weighted by Gasteiger charge is 2.46. The van der Waals surface area contributed by atoms with Gasteiger partial charge in [-0.05, 0) is 62.7 Å². The standard InChI is InChI=1S/C16H26N2O/c17-15-11-2-1-3-12(15)8-13(7-11)16(19)18-9-10-4-5-14(18)6-10/h10-15H,1-9,17H2. The molecule has 4 fully saturated rings. The van der Waals surface area contributed by atoms with E-state index in [1.54, 1.807) is 0 Å². The summed E-state index contributed by atoms with van der Waals surface area (Å²) in [4.78, 5) is 15.1. The molecule has 3 aliphatic carbocycles. The average molecular weight is 262 g/mol. The van der Waals surface area contributed by atoms with Crippen molar-refractivity contribution in [1.29, 1.82) is 0 Å². The topological polar surface area (TPSA) is 46.3 Å². The van der Waals surface area contributed by atoms with Crippen LogP contribution in [0.2, 0.25) is 0 Å². The summed E-state index contributed by atoms with van der Waals surface area (Å²) in [6.07, 6.45) is 9.89. The second-order valence-electron chi connectivity index (χ2n) is 7.52. The molecule has 3 heteroatoms. The van der Waals surface area contributed by atoms with Crippen molar-refractivity contribution < 1.29 is 4.79 Å². The quantitative estimate of drug-likeness (QED) is 0.787. The van der Waals surface area contributed by atoms with Crippen LogP contribution in [0, 0.1) is 23.7 Å². The first-order valence-corrected chi connectivity index (χ1v) is 8.28. The summed E-state index contributed by atoms with van der Waals surface area (Å²) in [7, 11) is 0. The molecular weight excluding hydrogens is 236 g/mol. The molecule has 0 spiro atoms. The third-order valence-electron chi connectivity index (χ3n) is 6.45. The molecular formula is C16H26N2O. The Morgan fingerprint density at radius 2 is 1.74 bits per heavy atom. The molecule has 1 amide bonds. The van der Waals surface area contributed by atoms with Crippen LogP contribution in [0.5, 0.6) is 0 Å². The first-order chi connectivity index (χ1) is 9.22. The van der Waals surface area contributed by atoms with Crippen molar-refractivity contribution >= 4 is 5.91 Å². The van der Waals surface area contributed by atoms with Gasteiger partial charge in [-0.15, -0.1) is 0 Å². The summed E-state index contributed by atoms with van der Waals surface area (Å²) in [5, 5.41) is 0. The van der Waals surface area contributed by atoms with Crippen molar-refractivity contribution in [2.45, 2.75) is 63.5 Å². The van der Waals surface area contributed by atoms with Crippen molar-refractivity contribution in [2.75, 3.05) is 6.54 Å². The molecule has 0 aromatic heterocycles. The van der Waals surface area contributed by atoms with Crippen LogP contribution in [-0.2, 0) is 4.79 Å². The Labute approximate surface area is 115 Å². The van der Waals surface area contributed by atoms with Gasteiger partial charge in [0.2, 0.25) is 5.91 Å². The van der Waals surface area contributed by atoms with Crippen molar-refractivity contribution in [3.8, 4) is 0 Å². The number of nitrogens with two attached hydrogens (primary N) is 1. The van der Waals surface area contributed by atoms with Gasteiger partial charge < -0.3 is 10.6 Å². The molecule has 2 N–H and O–H groups in total. The van der Waals surface area contributed by atoms with Crippen LogP contribution < -0.4 is 5.73 Å². The fourth-order valence-corrected chi connectivity index (χ4v) is 5.42. The Morgan fingerprint density at radius 1 is 1.00 bits per heavy atom. The van der Waals surface area contributed by atoms with Crippen LogP contribution in [0.25, 0.3) is 0 Å². The number of fused-ring (bicyclic) bond motifs is 4. The first kappa shape index (κ1) is 12.2. The fraction of sp³-hybridized carbons (Fsp3) is 0.938. The number of hydrogen-bond donors (Lipinski definition) is 1. The molecule has 4 unspecified atom stereocenters. The zero-order valence-corrected chi connectivity index (χ0v) is 11.8. The lowest BCUT2D eigenvalue weighted by molar-refractivity contribution is -0.140. The lowest BCUT2D eigenvalue weighted by Crippen LogP contribution is -2.50. The predicted molar refractivity (Wildman–Crippen MR) is 74.4 cm³/mol. The Hall–Kier alpha value is -0.570. The largest absolute Gasteiger partial charge is 0.339 e. The van der Waals surface area contributed by atoms with E-state index in [-0.39, 0.29) is 0 Å². The second kappa shape index (κ2) is 4.47. The summed E-state index contributed by atoms with van der Waals surface area (Å²) < 4.78 is 0. The third kappa shape index (κ3) is 1.93. The lowest BCUT2D eigenvalue weighted by Gasteiger charge is -2.45.